The molecule has 1 aliphatic heterocycles. The van der Waals surface area contributed by atoms with Gasteiger partial charge < -0.3 is 9.64 Å². The lowest BCUT2D eigenvalue weighted by atomic mass is 10.1. The predicted molar refractivity (Wildman–Crippen MR) is 110 cm³/mol. The van der Waals surface area contributed by atoms with Gasteiger partial charge in [-0.15, -0.1) is 11.3 Å². The third-order valence-corrected chi connectivity index (χ3v) is 5.41. The molecule has 2 amide bonds. The standard InChI is InChI=1S/C21H18FN3O3S/c1-28-18-8-7-14(22)11-16(18)17-12-29-21(23-17)24-20(27)13-4-2-5-15(10-13)25-9-3-6-19(25)26/h2,4-5,7-8,10-12H,3,6,9H2,1H3,(H,23,24,27). The Hall–Kier alpha value is -3.26. The number of nitrogens with zero attached hydrogens (tertiary/aromatic N) is 2. The van der Waals surface area contributed by atoms with Gasteiger partial charge in [-0.3, -0.25) is 14.9 Å². The first kappa shape index (κ1) is 19.1. The van der Waals surface area contributed by atoms with Gasteiger partial charge in [0.1, 0.15) is 11.6 Å². The van der Waals surface area contributed by atoms with Crippen molar-refractivity contribution < 1.29 is 18.7 Å². The van der Waals surface area contributed by atoms with E-state index in [-0.39, 0.29) is 11.8 Å². The minimum absolute atomic E-state index is 0.0659. The van der Waals surface area contributed by atoms with Gasteiger partial charge in [0, 0.05) is 35.2 Å². The van der Waals surface area contributed by atoms with Crippen LogP contribution in [0.5, 0.6) is 5.75 Å². The van der Waals surface area contributed by atoms with E-state index >= 15 is 0 Å². The SMILES string of the molecule is COc1ccc(F)cc1-c1csc(NC(=O)c2cccc(N3CCCC3=O)c2)n1. The van der Waals surface area contributed by atoms with E-state index in [1.54, 1.807) is 28.5 Å². The summed E-state index contributed by atoms with van der Waals surface area (Å²) in [5.41, 5.74) is 2.17. The average Bonchev–Trinajstić information content (AvgIpc) is 3.37. The minimum Gasteiger partial charge on any atom is -0.496 e. The first-order valence-corrected chi connectivity index (χ1v) is 9.94. The molecule has 0 aliphatic carbocycles. The molecule has 1 saturated heterocycles. The van der Waals surface area contributed by atoms with E-state index in [0.717, 1.165) is 6.42 Å². The normalized spacial score (nSPS) is 13.6. The zero-order valence-electron chi connectivity index (χ0n) is 15.6. The zero-order chi connectivity index (χ0) is 20.4. The topological polar surface area (TPSA) is 71.5 Å². The smallest absolute Gasteiger partial charge is 0.257 e. The van der Waals surface area contributed by atoms with Gasteiger partial charge in [0.15, 0.2) is 5.13 Å². The van der Waals surface area contributed by atoms with Gasteiger partial charge >= 0.3 is 0 Å². The summed E-state index contributed by atoms with van der Waals surface area (Å²) in [4.78, 5) is 30.7. The molecule has 0 unspecified atom stereocenters. The Kier molecular flexibility index (Phi) is 5.26. The van der Waals surface area contributed by atoms with Crippen molar-refractivity contribution in [3.63, 3.8) is 0 Å². The second-order valence-electron chi connectivity index (χ2n) is 6.54. The molecule has 0 saturated carbocycles. The van der Waals surface area contributed by atoms with Gasteiger partial charge in [0.25, 0.3) is 5.91 Å². The Morgan fingerprint density at radius 1 is 1.28 bits per heavy atom. The molecular weight excluding hydrogens is 393 g/mol. The van der Waals surface area contributed by atoms with Gasteiger partial charge in [-0.25, -0.2) is 9.37 Å². The molecule has 1 fully saturated rings. The fourth-order valence-electron chi connectivity index (χ4n) is 3.24. The number of carbonyl (C=O) groups excluding carboxylic acids is 2. The van der Waals surface area contributed by atoms with Crippen molar-refractivity contribution in [3.8, 4) is 17.0 Å². The fraction of sp³-hybridized carbons (Fsp3) is 0.190. The van der Waals surface area contributed by atoms with Gasteiger partial charge in [-0.2, -0.15) is 0 Å². The predicted octanol–water partition coefficient (Wildman–Crippen LogP) is 4.34. The van der Waals surface area contributed by atoms with Crippen LogP contribution in [0.2, 0.25) is 0 Å². The first-order valence-electron chi connectivity index (χ1n) is 9.06. The second-order valence-corrected chi connectivity index (χ2v) is 7.39. The number of benzene rings is 2. The van der Waals surface area contributed by atoms with E-state index in [1.165, 1.54) is 36.6 Å². The Labute approximate surface area is 171 Å². The van der Waals surface area contributed by atoms with Crippen LogP contribution in [-0.2, 0) is 4.79 Å². The summed E-state index contributed by atoms with van der Waals surface area (Å²) in [6.45, 7) is 0.662. The van der Waals surface area contributed by atoms with E-state index in [2.05, 4.69) is 10.3 Å². The molecule has 1 aliphatic rings. The van der Waals surface area contributed by atoms with Crippen molar-refractivity contribution in [1.29, 1.82) is 0 Å². The number of halogens is 1. The number of methoxy groups -OCH3 is 1. The number of ether oxygens (including phenoxy) is 1. The van der Waals surface area contributed by atoms with Crippen LogP contribution in [0.3, 0.4) is 0 Å². The van der Waals surface area contributed by atoms with Gasteiger partial charge in [-0.1, -0.05) is 6.07 Å². The van der Waals surface area contributed by atoms with Crippen LogP contribution in [0.4, 0.5) is 15.2 Å². The molecule has 6 nitrogen and oxygen atoms in total. The minimum atomic E-state index is -0.396. The van der Waals surface area contributed by atoms with Crippen molar-refractivity contribution in [1.82, 2.24) is 4.98 Å². The van der Waals surface area contributed by atoms with Gasteiger partial charge in [0.05, 0.1) is 12.8 Å². The number of rotatable bonds is 5. The summed E-state index contributed by atoms with van der Waals surface area (Å²) < 4.78 is 18.9. The molecule has 0 spiro atoms. The molecule has 2 heterocycles. The molecular formula is C21H18FN3O3S. The highest BCUT2D eigenvalue weighted by Gasteiger charge is 2.22. The summed E-state index contributed by atoms with van der Waals surface area (Å²) in [5.74, 6) is -0.160. The van der Waals surface area contributed by atoms with Crippen molar-refractivity contribution in [3.05, 3.63) is 59.2 Å². The van der Waals surface area contributed by atoms with E-state index in [1.807, 2.05) is 6.07 Å². The van der Waals surface area contributed by atoms with E-state index in [9.17, 15) is 14.0 Å². The maximum Gasteiger partial charge on any atom is 0.257 e. The van der Waals surface area contributed by atoms with Crippen LogP contribution in [-0.4, -0.2) is 30.5 Å². The Morgan fingerprint density at radius 3 is 2.90 bits per heavy atom. The highest BCUT2D eigenvalue weighted by atomic mass is 32.1. The lowest BCUT2D eigenvalue weighted by Gasteiger charge is -2.16. The lowest BCUT2D eigenvalue weighted by molar-refractivity contribution is -0.117. The maximum absolute atomic E-state index is 13.6. The van der Waals surface area contributed by atoms with Crippen molar-refractivity contribution in [2.75, 3.05) is 23.9 Å². The number of carbonyl (C=O) groups is 2. The summed E-state index contributed by atoms with van der Waals surface area (Å²) >= 11 is 1.24. The summed E-state index contributed by atoms with van der Waals surface area (Å²) in [5, 5.41) is 4.88. The number of hydrogen-bond donors (Lipinski definition) is 1. The number of thiazole rings is 1. The van der Waals surface area contributed by atoms with Gasteiger partial charge in [-0.05, 0) is 42.8 Å². The molecule has 4 rings (SSSR count). The first-order chi connectivity index (χ1) is 14.0. The van der Waals surface area contributed by atoms with Crippen molar-refractivity contribution >= 4 is 34.0 Å². The molecule has 148 valence electrons. The molecule has 3 aromatic rings. The Balaban J connectivity index is 1.53. The lowest BCUT2D eigenvalue weighted by Crippen LogP contribution is -2.24. The number of hydrogen-bond acceptors (Lipinski definition) is 5. The molecule has 2 aromatic carbocycles. The monoisotopic (exact) mass is 411 g/mol. The molecule has 0 atom stereocenters. The fourth-order valence-corrected chi connectivity index (χ4v) is 3.95. The Morgan fingerprint density at radius 2 is 2.14 bits per heavy atom. The van der Waals surface area contributed by atoms with Crippen LogP contribution in [0.25, 0.3) is 11.3 Å². The Bertz CT molecular complexity index is 1080. The molecule has 1 aromatic heterocycles. The molecule has 0 bridgehead atoms. The van der Waals surface area contributed by atoms with Crippen LogP contribution in [0, 0.1) is 5.82 Å². The number of amides is 2. The van der Waals surface area contributed by atoms with E-state index in [0.29, 0.717) is 46.4 Å². The van der Waals surface area contributed by atoms with Crippen LogP contribution in [0.15, 0.2) is 47.8 Å². The molecule has 1 N–H and O–H groups in total. The number of anilines is 2. The van der Waals surface area contributed by atoms with E-state index in [4.69, 9.17) is 4.74 Å². The van der Waals surface area contributed by atoms with Crippen LogP contribution >= 0.6 is 11.3 Å². The van der Waals surface area contributed by atoms with Gasteiger partial charge in [0.2, 0.25) is 5.91 Å². The van der Waals surface area contributed by atoms with Crippen molar-refractivity contribution in [2.45, 2.75) is 12.8 Å². The van der Waals surface area contributed by atoms with Crippen LogP contribution in [0.1, 0.15) is 23.2 Å². The number of nitrogens with one attached hydrogen (secondary N) is 1. The highest BCUT2D eigenvalue weighted by Crippen LogP contribution is 2.33. The maximum atomic E-state index is 13.6. The summed E-state index contributed by atoms with van der Waals surface area (Å²) in [6, 6.07) is 11.1. The van der Waals surface area contributed by atoms with Crippen molar-refractivity contribution in [2.24, 2.45) is 0 Å². The molecule has 8 heteroatoms. The quantitative estimate of drug-likeness (QED) is 0.678. The summed E-state index contributed by atoms with van der Waals surface area (Å²) in [7, 11) is 1.50. The van der Waals surface area contributed by atoms with E-state index < -0.39 is 5.82 Å². The number of aromatic nitrogens is 1. The third kappa shape index (κ3) is 3.97. The molecule has 29 heavy (non-hydrogen) atoms. The third-order valence-electron chi connectivity index (χ3n) is 4.66. The second kappa shape index (κ2) is 8.00. The van der Waals surface area contributed by atoms with Crippen LogP contribution < -0.4 is 15.0 Å². The average molecular weight is 411 g/mol. The highest BCUT2D eigenvalue weighted by molar-refractivity contribution is 7.14. The summed E-state index contributed by atoms with van der Waals surface area (Å²) in [6.07, 6.45) is 1.35. The molecule has 0 radical (unpaired) electrons. The largest absolute Gasteiger partial charge is 0.496 e. The zero-order valence-corrected chi connectivity index (χ0v) is 16.5.